The largest absolute Gasteiger partial charge is 0.496 e. The molecule has 1 saturated heterocycles. The van der Waals surface area contributed by atoms with Crippen molar-refractivity contribution in [3.63, 3.8) is 0 Å². The number of pyridine rings is 1. The average molecular weight is 703 g/mol. The zero-order chi connectivity index (χ0) is 35.4. The van der Waals surface area contributed by atoms with E-state index in [1.165, 1.54) is 11.1 Å². The first-order valence-electron chi connectivity index (χ1n) is 18.5. The van der Waals surface area contributed by atoms with E-state index in [2.05, 4.69) is 52.0 Å². The molecule has 2 amide bonds. The molecule has 9 nitrogen and oxygen atoms in total. The van der Waals surface area contributed by atoms with E-state index in [0.29, 0.717) is 75.8 Å². The molecule has 1 aliphatic heterocycles. The molecular weight excluding hydrogens is 649 g/mol. The Morgan fingerprint density at radius 3 is 2.32 bits per heavy atom. The summed E-state index contributed by atoms with van der Waals surface area (Å²) in [5.41, 5.74) is 3.54. The Kier molecular flexibility index (Phi) is 11.5. The Bertz CT molecular complexity index is 1610. The highest BCUT2D eigenvalue weighted by molar-refractivity contribution is 7.15. The van der Waals surface area contributed by atoms with Crippen LogP contribution in [0.25, 0.3) is 10.4 Å². The second-order valence-corrected chi connectivity index (χ2v) is 16.7. The fourth-order valence-corrected chi connectivity index (χ4v) is 8.75. The van der Waals surface area contributed by atoms with Gasteiger partial charge in [0.1, 0.15) is 17.7 Å². The molecule has 0 radical (unpaired) electrons. The zero-order valence-electron chi connectivity index (χ0n) is 30.4. The number of hydrogen-bond acceptors (Lipinski definition) is 8. The third kappa shape index (κ3) is 8.68. The highest BCUT2D eigenvalue weighted by Crippen LogP contribution is 2.39. The lowest BCUT2D eigenvalue weighted by atomic mass is 9.78. The van der Waals surface area contributed by atoms with Crippen LogP contribution in [0.3, 0.4) is 0 Å². The number of benzene rings is 1. The third-order valence-electron chi connectivity index (χ3n) is 10.9. The van der Waals surface area contributed by atoms with E-state index in [-0.39, 0.29) is 35.5 Å². The van der Waals surface area contributed by atoms with Crippen LogP contribution < -0.4 is 9.64 Å². The Morgan fingerprint density at radius 2 is 1.68 bits per heavy atom. The molecule has 3 fully saturated rings. The van der Waals surface area contributed by atoms with Crippen molar-refractivity contribution in [3.8, 4) is 16.2 Å². The van der Waals surface area contributed by atoms with Crippen molar-refractivity contribution in [1.29, 1.82) is 0 Å². The molecule has 0 spiro atoms. The van der Waals surface area contributed by atoms with Crippen LogP contribution in [0.5, 0.6) is 5.75 Å². The summed E-state index contributed by atoms with van der Waals surface area (Å²) in [6, 6.07) is 10.6. The number of nitrogens with zero attached hydrogens (tertiary/aromatic N) is 4. The molecule has 1 N–H and O–H groups in total. The lowest BCUT2D eigenvalue weighted by Gasteiger charge is -2.36. The van der Waals surface area contributed by atoms with E-state index in [1.807, 2.05) is 23.4 Å². The van der Waals surface area contributed by atoms with Gasteiger partial charge in [-0.15, -0.1) is 11.3 Å². The minimum atomic E-state index is -0.339. The number of amides is 2. The van der Waals surface area contributed by atoms with E-state index < -0.39 is 0 Å². The van der Waals surface area contributed by atoms with Crippen molar-refractivity contribution in [2.45, 2.75) is 115 Å². The van der Waals surface area contributed by atoms with E-state index in [4.69, 9.17) is 19.4 Å². The Balaban J connectivity index is 1.15. The van der Waals surface area contributed by atoms with Crippen LogP contribution in [0.15, 0.2) is 42.7 Å². The predicted octanol–water partition coefficient (Wildman–Crippen LogP) is 8.28. The number of carbonyl (C=O) groups is 2. The smallest absolute Gasteiger partial charge is 0.410 e. The first kappa shape index (κ1) is 36.3. The highest BCUT2D eigenvalue weighted by Gasteiger charge is 2.35. The average Bonchev–Trinajstić information content (AvgIpc) is 3.63. The molecule has 6 rings (SSSR count). The van der Waals surface area contributed by atoms with Gasteiger partial charge in [-0.2, -0.15) is 0 Å². The van der Waals surface area contributed by atoms with Crippen molar-refractivity contribution in [2.75, 3.05) is 31.6 Å². The number of aryl methyl sites for hydroxylation is 1. The summed E-state index contributed by atoms with van der Waals surface area (Å²) in [5, 5.41) is 10.9. The summed E-state index contributed by atoms with van der Waals surface area (Å²) in [6.45, 7) is 10.3. The van der Waals surface area contributed by atoms with Crippen LogP contribution >= 0.6 is 11.3 Å². The van der Waals surface area contributed by atoms with Gasteiger partial charge in [0.25, 0.3) is 0 Å². The van der Waals surface area contributed by atoms with Gasteiger partial charge in [-0.05, 0) is 118 Å². The number of methoxy groups -OCH3 is 1. The van der Waals surface area contributed by atoms with Gasteiger partial charge in [0.2, 0.25) is 5.91 Å². The number of aromatic nitrogens is 2. The number of anilines is 1. The monoisotopic (exact) mass is 702 g/mol. The van der Waals surface area contributed by atoms with E-state index in [9.17, 15) is 14.7 Å². The maximum absolute atomic E-state index is 14.5. The predicted molar refractivity (Wildman–Crippen MR) is 198 cm³/mol. The molecule has 3 heterocycles. The summed E-state index contributed by atoms with van der Waals surface area (Å²) in [5.74, 6) is 2.50. The van der Waals surface area contributed by atoms with Gasteiger partial charge in [0.15, 0.2) is 0 Å². The first-order valence-corrected chi connectivity index (χ1v) is 19.3. The molecule has 2 aliphatic carbocycles. The van der Waals surface area contributed by atoms with E-state index in [1.54, 1.807) is 23.3 Å². The number of aliphatic hydroxyl groups excluding tert-OH is 1. The summed E-state index contributed by atoms with van der Waals surface area (Å²) >= 11 is 1.69. The van der Waals surface area contributed by atoms with Crippen molar-refractivity contribution in [1.82, 2.24) is 14.9 Å². The lowest BCUT2D eigenvalue weighted by Crippen LogP contribution is -2.44. The number of aliphatic hydroxyl groups is 1. The summed E-state index contributed by atoms with van der Waals surface area (Å²) in [4.78, 5) is 41.5. The third-order valence-corrected chi connectivity index (χ3v) is 12.4. The molecule has 50 heavy (non-hydrogen) atoms. The second kappa shape index (κ2) is 15.8. The molecule has 2 aromatic heterocycles. The highest BCUT2D eigenvalue weighted by atomic mass is 32.1. The fraction of sp³-hybridized carbons (Fsp3) is 0.600. The van der Waals surface area contributed by atoms with Crippen LogP contribution in [0.1, 0.15) is 107 Å². The van der Waals surface area contributed by atoms with E-state index in [0.717, 1.165) is 46.9 Å². The number of hydrogen-bond donors (Lipinski definition) is 1. The van der Waals surface area contributed by atoms with E-state index >= 15 is 0 Å². The number of rotatable bonds is 8. The van der Waals surface area contributed by atoms with Crippen molar-refractivity contribution in [3.05, 3.63) is 58.9 Å². The maximum Gasteiger partial charge on any atom is 0.410 e. The quantitative estimate of drug-likeness (QED) is 0.252. The van der Waals surface area contributed by atoms with Crippen molar-refractivity contribution in [2.24, 2.45) is 11.8 Å². The molecule has 2 saturated carbocycles. The molecule has 270 valence electrons. The van der Waals surface area contributed by atoms with Crippen LogP contribution in [0.2, 0.25) is 0 Å². The zero-order valence-corrected chi connectivity index (χ0v) is 31.2. The summed E-state index contributed by atoms with van der Waals surface area (Å²) < 4.78 is 11.4. The molecular formula is C40H54N4O5S. The van der Waals surface area contributed by atoms with Gasteiger partial charge in [0.05, 0.1) is 23.1 Å². The minimum Gasteiger partial charge on any atom is -0.496 e. The summed E-state index contributed by atoms with van der Waals surface area (Å²) in [7, 11) is 1.72. The number of thiazole rings is 1. The minimum absolute atomic E-state index is 0.0342. The number of likely N-dealkylation sites (tertiary alicyclic amines) is 1. The summed E-state index contributed by atoms with van der Waals surface area (Å²) in [6.07, 6.45) is 11.1. The normalized spacial score (nSPS) is 23.4. The fourth-order valence-electron chi connectivity index (χ4n) is 7.78. The van der Waals surface area contributed by atoms with Crippen LogP contribution in [-0.4, -0.2) is 70.9 Å². The molecule has 0 unspecified atom stereocenters. The van der Waals surface area contributed by atoms with Crippen LogP contribution in [0, 0.1) is 18.8 Å². The Labute approximate surface area is 301 Å². The molecule has 3 aliphatic rings. The lowest BCUT2D eigenvalue weighted by molar-refractivity contribution is -0.124. The first-order chi connectivity index (χ1) is 24.0. The van der Waals surface area contributed by atoms with Gasteiger partial charge >= 0.3 is 6.09 Å². The SMILES string of the molecule is COc1ccc(C2CCC(CN(C(=O)C3CCC(OC(=O)N4CCC(O)CC4)CC3)c3cc(-c4cnc(C(C)(C)C)s4)ccn3)CC2)cc1C. The van der Waals surface area contributed by atoms with Crippen molar-refractivity contribution >= 4 is 29.2 Å². The molecule has 0 atom stereocenters. The standard InChI is InChI=1S/C40H54N4O5S/c1-26-22-30(12-15-34(26)48-5)28-8-6-27(7-9-28)25-44(36-23-31(16-19-41-36)35-24-42-38(50-35)40(2,3)4)37(46)29-10-13-33(14-11-29)49-39(47)43-20-17-32(45)18-21-43/h12,15-16,19,22-24,27-29,32-33,45H,6-11,13-14,17-18,20-21,25H2,1-5H3. The molecule has 10 heteroatoms. The Hall–Kier alpha value is -3.50. The molecule has 0 bridgehead atoms. The number of piperidine rings is 1. The van der Waals surface area contributed by atoms with Crippen LogP contribution in [0.4, 0.5) is 10.6 Å². The van der Waals surface area contributed by atoms with Gasteiger partial charge in [-0.25, -0.2) is 14.8 Å². The number of ether oxygens (including phenoxy) is 2. The van der Waals surface area contributed by atoms with Gasteiger partial charge < -0.3 is 19.5 Å². The van der Waals surface area contributed by atoms with Crippen molar-refractivity contribution < 1.29 is 24.2 Å². The van der Waals surface area contributed by atoms with Crippen LogP contribution in [-0.2, 0) is 14.9 Å². The van der Waals surface area contributed by atoms with Gasteiger partial charge in [0, 0.05) is 43.4 Å². The number of carbonyl (C=O) groups excluding carboxylic acids is 2. The van der Waals surface area contributed by atoms with Gasteiger partial charge in [-0.1, -0.05) is 32.9 Å². The molecule has 3 aromatic rings. The second-order valence-electron chi connectivity index (χ2n) is 15.7. The topological polar surface area (TPSA) is 105 Å². The Morgan fingerprint density at radius 1 is 0.960 bits per heavy atom. The van der Waals surface area contributed by atoms with Gasteiger partial charge in [-0.3, -0.25) is 9.69 Å². The maximum atomic E-state index is 14.5. The molecule has 1 aromatic carbocycles.